The molecular weight excluding hydrogens is 863 g/mol. The zero-order valence-corrected chi connectivity index (χ0v) is 46.7. The first-order valence-electron chi connectivity index (χ1n) is 30.9. The van der Waals surface area contributed by atoms with Crippen molar-refractivity contribution < 1.29 is 24.5 Å². The molecule has 0 saturated carbocycles. The minimum absolute atomic E-state index is 0.0115. The molecule has 0 spiro atoms. The summed E-state index contributed by atoms with van der Waals surface area (Å²) in [7, 11) is 0. The van der Waals surface area contributed by atoms with E-state index >= 15 is 0 Å². The van der Waals surface area contributed by atoms with Crippen molar-refractivity contribution in [2.75, 3.05) is 13.2 Å². The summed E-state index contributed by atoms with van der Waals surface area (Å²) >= 11 is 0. The fourth-order valence-corrected chi connectivity index (χ4v) is 9.31. The molecule has 3 N–H and O–H groups in total. The highest BCUT2D eigenvalue weighted by atomic mass is 16.5. The Balaban J connectivity index is 3.49. The van der Waals surface area contributed by atoms with E-state index in [9.17, 15) is 19.8 Å². The molecule has 0 aromatic carbocycles. The van der Waals surface area contributed by atoms with Gasteiger partial charge < -0.3 is 20.3 Å². The molecular formula is C64H119NO5. The summed E-state index contributed by atoms with van der Waals surface area (Å²) in [4.78, 5) is 24.5. The lowest BCUT2D eigenvalue weighted by Gasteiger charge is -2.20. The van der Waals surface area contributed by atoms with E-state index in [1.165, 1.54) is 225 Å². The Morgan fingerprint density at radius 2 is 0.714 bits per heavy atom. The smallest absolute Gasteiger partial charge is 0.305 e. The van der Waals surface area contributed by atoms with E-state index in [2.05, 4.69) is 55.6 Å². The van der Waals surface area contributed by atoms with E-state index in [-0.39, 0.29) is 18.5 Å². The molecule has 0 heterocycles. The summed E-state index contributed by atoms with van der Waals surface area (Å²) < 4.78 is 5.47. The van der Waals surface area contributed by atoms with Crippen LogP contribution in [0.3, 0.4) is 0 Å². The fraction of sp³-hybridized carbons (Fsp3) is 0.844. The standard InChI is InChI=1S/C64H119NO5/c1-3-5-7-9-11-13-15-17-19-21-22-25-28-32-36-40-44-48-52-56-62(67)61(60-66)65-63(68)57-53-49-45-41-37-33-29-26-23-24-27-31-35-39-43-47-51-55-59-70-64(69)58-54-50-46-42-38-34-30-20-18-16-14-12-10-8-6-4-2/h14,16,20,26,29-30,52,56,61-62,66-67H,3-13,15,17-19,21-25,27-28,31-51,53-55,57-60H2,1-2H3,(H,65,68)/b16-14-,29-26-,30-20-,56-52+. The van der Waals surface area contributed by atoms with Gasteiger partial charge in [-0.2, -0.15) is 0 Å². The molecule has 0 fully saturated rings. The summed E-state index contributed by atoms with van der Waals surface area (Å²) in [6.45, 7) is 4.88. The summed E-state index contributed by atoms with van der Waals surface area (Å²) in [5, 5.41) is 23.2. The number of rotatable bonds is 57. The van der Waals surface area contributed by atoms with Crippen LogP contribution in [0.25, 0.3) is 0 Å². The third-order valence-corrected chi connectivity index (χ3v) is 14.1. The zero-order valence-electron chi connectivity index (χ0n) is 46.7. The number of unbranched alkanes of at least 4 members (excludes halogenated alkanes) is 40. The minimum atomic E-state index is -0.855. The van der Waals surface area contributed by atoms with Gasteiger partial charge in [-0.05, 0) is 89.9 Å². The number of carbonyl (C=O) groups excluding carboxylic acids is 2. The number of esters is 1. The quantitative estimate of drug-likeness (QED) is 0.0321. The Morgan fingerprint density at radius 1 is 0.400 bits per heavy atom. The van der Waals surface area contributed by atoms with Crippen molar-refractivity contribution in [2.24, 2.45) is 0 Å². The fourth-order valence-electron chi connectivity index (χ4n) is 9.31. The minimum Gasteiger partial charge on any atom is -0.466 e. The van der Waals surface area contributed by atoms with E-state index in [0.29, 0.717) is 19.4 Å². The summed E-state index contributed by atoms with van der Waals surface area (Å²) in [6, 6.07) is -0.640. The van der Waals surface area contributed by atoms with Gasteiger partial charge in [0.15, 0.2) is 0 Å². The Bertz CT molecular complexity index is 1180. The molecule has 0 radical (unpaired) electrons. The van der Waals surface area contributed by atoms with Crippen molar-refractivity contribution in [3.63, 3.8) is 0 Å². The Kier molecular flexibility index (Phi) is 57.5. The number of nitrogens with one attached hydrogen (secondary N) is 1. The number of ether oxygens (including phenoxy) is 1. The van der Waals surface area contributed by atoms with Gasteiger partial charge in [0.05, 0.1) is 25.4 Å². The number of aliphatic hydroxyl groups excluding tert-OH is 2. The van der Waals surface area contributed by atoms with E-state index in [1.54, 1.807) is 6.08 Å². The molecule has 6 nitrogen and oxygen atoms in total. The highest BCUT2D eigenvalue weighted by Crippen LogP contribution is 2.16. The lowest BCUT2D eigenvalue weighted by molar-refractivity contribution is -0.143. The van der Waals surface area contributed by atoms with Crippen molar-refractivity contribution in [2.45, 2.75) is 334 Å². The van der Waals surface area contributed by atoms with Crippen LogP contribution < -0.4 is 5.32 Å². The van der Waals surface area contributed by atoms with Crippen LogP contribution in [-0.4, -0.2) is 47.4 Å². The monoisotopic (exact) mass is 982 g/mol. The molecule has 0 aliphatic carbocycles. The Hall–Kier alpha value is -2.18. The molecule has 0 aromatic rings. The molecule has 0 aliphatic rings. The molecule has 2 atom stereocenters. The Labute approximate surface area is 436 Å². The third kappa shape index (κ3) is 55.1. The molecule has 1 amide bonds. The third-order valence-electron chi connectivity index (χ3n) is 14.1. The number of carbonyl (C=O) groups is 2. The maximum atomic E-state index is 12.5. The number of hydrogen-bond donors (Lipinski definition) is 3. The number of amides is 1. The van der Waals surface area contributed by atoms with Crippen LogP contribution in [-0.2, 0) is 14.3 Å². The first-order chi connectivity index (χ1) is 34.5. The van der Waals surface area contributed by atoms with Gasteiger partial charge in [-0.3, -0.25) is 9.59 Å². The van der Waals surface area contributed by atoms with E-state index in [1.807, 2.05) is 6.08 Å². The topological polar surface area (TPSA) is 95.9 Å². The molecule has 0 rings (SSSR count). The zero-order chi connectivity index (χ0) is 50.7. The second kappa shape index (κ2) is 59.4. The van der Waals surface area contributed by atoms with Gasteiger partial charge in [0.2, 0.25) is 5.91 Å². The Morgan fingerprint density at radius 3 is 1.11 bits per heavy atom. The van der Waals surface area contributed by atoms with Crippen LogP contribution >= 0.6 is 0 Å². The van der Waals surface area contributed by atoms with Crippen LogP contribution in [0.5, 0.6) is 0 Å². The largest absolute Gasteiger partial charge is 0.466 e. The number of allylic oxidation sites excluding steroid dienone is 7. The molecule has 0 saturated heterocycles. The molecule has 2 unspecified atom stereocenters. The molecule has 410 valence electrons. The van der Waals surface area contributed by atoms with Crippen molar-refractivity contribution in [3.8, 4) is 0 Å². The van der Waals surface area contributed by atoms with Crippen molar-refractivity contribution in [1.29, 1.82) is 0 Å². The average Bonchev–Trinajstić information content (AvgIpc) is 3.36. The van der Waals surface area contributed by atoms with Crippen molar-refractivity contribution in [3.05, 3.63) is 48.6 Å². The molecule has 0 aliphatic heterocycles. The van der Waals surface area contributed by atoms with Crippen molar-refractivity contribution >= 4 is 11.9 Å². The van der Waals surface area contributed by atoms with Crippen LogP contribution in [0, 0.1) is 0 Å². The number of hydrogen-bond acceptors (Lipinski definition) is 5. The maximum Gasteiger partial charge on any atom is 0.305 e. The first kappa shape index (κ1) is 67.8. The predicted octanol–water partition coefficient (Wildman–Crippen LogP) is 19.4. The van der Waals surface area contributed by atoms with E-state index in [4.69, 9.17) is 4.74 Å². The lowest BCUT2D eigenvalue weighted by atomic mass is 10.0. The van der Waals surface area contributed by atoms with E-state index < -0.39 is 12.1 Å². The van der Waals surface area contributed by atoms with Crippen molar-refractivity contribution in [1.82, 2.24) is 5.32 Å². The van der Waals surface area contributed by atoms with Gasteiger partial charge in [0.25, 0.3) is 0 Å². The second-order valence-corrected chi connectivity index (χ2v) is 21.0. The van der Waals surface area contributed by atoms with Gasteiger partial charge in [0, 0.05) is 12.8 Å². The molecule has 0 aromatic heterocycles. The lowest BCUT2D eigenvalue weighted by Crippen LogP contribution is -2.45. The van der Waals surface area contributed by atoms with Crippen LogP contribution in [0.15, 0.2) is 48.6 Å². The summed E-state index contributed by atoms with van der Waals surface area (Å²) in [5.41, 5.74) is 0. The molecule has 0 bridgehead atoms. The van der Waals surface area contributed by atoms with E-state index in [0.717, 1.165) is 70.6 Å². The maximum absolute atomic E-state index is 12.5. The normalized spacial score (nSPS) is 12.9. The van der Waals surface area contributed by atoms with Gasteiger partial charge in [-0.15, -0.1) is 0 Å². The van der Waals surface area contributed by atoms with Gasteiger partial charge in [-0.25, -0.2) is 0 Å². The predicted molar refractivity (Wildman–Crippen MR) is 306 cm³/mol. The number of aliphatic hydroxyl groups is 2. The molecule has 70 heavy (non-hydrogen) atoms. The molecule has 6 heteroatoms. The highest BCUT2D eigenvalue weighted by Gasteiger charge is 2.18. The van der Waals surface area contributed by atoms with Gasteiger partial charge >= 0.3 is 5.97 Å². The van der Waals surface area contributed by atoms with Gasteiger partial charge in [0.1, 0.15) is 0 Å². The average molecular weight is 983 g/mol. The van der Waals surface area contributed by atoms with Crippen LogP contribution in [0.1, 0.15) is 322 Å². The highest BCUT2D eigenvalue weighted by molar-refractivity contribution is 5.76. The van der Waals surface area contributed by atoms with Crippen LogP contribution in [0.2, 0.25) is 0 Å². The summed E-state index contributed by atoms with van der Waals surface area (Å²) in [5.74, 6) is -0.0928. The first-order valence-corrected chi connectivity index (χ1v) is 30.9. The van der Waals surface area contributed by atoms with Crippen LogP contribution in [0.4, 0.5) is 0 Å². The second-order valence-electron chi connectivity index (χ2n) is 21.0. The summed E-state index contributed by atoms with van der Waals surface area (Å²) in [6.07, 6.45) is 75.7. The SMILES string of the molecule is CCCCCC/C=C\C/C=C\CCCCCCCC(=O)OCCCCCCCCCCC/C=C\CCCCCCCC(=O)NC(CO)C(O)/C=C/CCCCCCCCCCCCCCCCCCC. The van der Waals surface area contributed by atoms with Gasteiger partial charge in [-0.1, -0.05) is 268 Å².